The second-order valence-electron chi connectivity index (χ2n) is 8.52. The van der Waals surface area contributed by atoms with Gasteiger partial charge in [0, 0.05) is 44.7 Å². The van der Waals surface area contributed by atoms with Gasteiger partial charge in [-0.15, -0.1) is 0 Å². The minimum absolute atomic E-state index is 0.754. The van der Waals surface area contributed by atoms with Crippen LogP contribution in [0.5, 0.6) is 0 Å². The van der Waals surface area contributed by atoms with Crippen molar-refractivity contribution in [1.29, 1.82) is 0 Å². The third-order valence-electron chi connectivity index (χ3n) is 5.91. The second-order valence-corrected chi connectivity index (χ2v) is 8.52. The maximum Gasteiger partial charge on any atom is 0.106 e. The fraction of sp³-hybridized carbons (Fsp3) is 0.214. The summed E-state index contributed by atoms with van der Waals surface area (Å²) in [6, 6.07) is 27.5. The molecule has 0 radical (unpaired) electrons. The Labute approximate surface area is 190 Å². The number of hydrogen-bond acceptors (Lipinski definition) is 4. The Morgan fingerprint density at radius 3 is 1.25 bits per heavy atom. The van der Waals surface area contributed by atoms with Crippen LogP contribution in [0.4, 0.5) is 11.4 Å². The van der Waals surface area contributed by atoms with Gasteiger partial charge in [0.2, 0.25) is 0 Å². The van der Waals surface area contributed by atoms with Crippen molar-refractivity contribution in [3.05, 3.63) is 107 Å². The highest BCUT2D eigenvalue weighted by Gasteiger charge is 2.24. The van der Waals surface area contributed by atoms with E-state index in [0.29, 0.717) is 0 Å². The Hall–Kier alpha value is -3.34. The first-order valence-electron chi connectivity index (χ1n) is 10.8. The van der Waals surface area contributed by atoms with Gasteiger partial charge in [0.05, 0.1) is 11.4 Å². The van der Waals surface area contributed by atoms with Crippen LogP contribution in [0.15, 0.2) is 84.9 Å². The smallest absolute Gasteiger partial charge is 0.106 e. The van der Waals surface area contributed by atoms with Crippen molar-refractivity contribution in [3.63, 3.8) is 0 Å². The molecule has 0 heterocycles. The summed E-state index contributed by atoms with van der Waals surface area (Å²) < 4.78 is 0. The molecular formula is C28H30N2O2. The minimum Gasteiger partial charge on any atom is -0.384 e. The van der Waals surface area contributed by atoms with E-state index in [1.807, 2.05) is 101 Å². The van der Waals surface area contributed by atoms with E-state index in [9.17, 15) is 10.2 Å². The first-order chi connectivity index (χ1) is 15.4. The van der Waals surface area contributed by atoms with Crippen molar-refractivity contribution in [2.24, 2.45) is 0 Å². The molecule has 32 heavy (non-hydrogen) atoms. The van der Waals surface area contributed by atoms with E-state index in [2.05, 4.69) is 21.9 Å². The molecule has 0 amide bonds. The highest BCUT2D eigenvalue weighted by molar-refractivity contribution is 6.06. The lowest BCUT2D eigenvalue weighted by atomic mass is 9.91. The molecule has 164 valence electrons. The number of hydrogen-bond donors (Lipinski definition) is 2. The Balaban J connectivity index is 2.00. The molecule has 0 fully saturated rings. The molecule has 0 aliphatic rings. The quantitative estimate of drug-likeness (QED) is 0.448. The lowest BCUT2D eigenvalue weighted by Gasteiger charge is -2.29. The van der Waals surface area contributed by atoms with Crippen LogP contribution < -0.4 is 9.80 Å². The molecule has 4 aromatic rings. The van der Waals surface area contributed by atoms with E-state index >= 15 is 0 Å². The van der Waals surface area contributed by atoms with Crippen molar-refractivity contribution in [3.8, 4) is 0 Å². The highest BCUT2D eigenvalue weighted by Crippen LogP contribution is 2.44. The predicted molar refractivity (Wildman–Crippen MR) is 134 cm³/mol. The molecule has 0 aliphatic carbocycles. The summed E-state index contributed by atoms with van der Waals surface area (Å²) in [6.07, 6.45) is -1.51. The molecule has 2 N–H and O–H groups in total. The normalized spacial score (nSPS) is 13.1. The standard InChI is InChI=1S/C28H30N2O2/c1-29(2)25-22(27(31)20-11-7-5-8-12-20)17-15-19-16-18-23(26(24(19)25)30(3)4)28(32)21-13-9-6-10-14-21/h5-18,27-28,31-32H,1-4H3/t27-,28-/m1/s1. The predicted octanol–water partition coefficient (Wildman–Crippen LogP) is 5.14. The van der Waals surface area contributed by atoms with Gasteiger partial charge >= 0.3 is 0 Å². The number of rotatable bonds is 6. The van der Waals surface area contributed by atoms with Gasteiger partial charge in [0.1, 0.15) is 12.2 Å². The maximum absolute atomic E-state index is 11.3. The van der Waals surface area contributed by atoms with Gasteiger partial charge in [-0.05, 0) is 16.5 Å². The molecule has 0 aromatic heterocycles. The van der Waals surface area contributed by atoms with Gasteiger partial charge in [0.25, 0.3) is 0 Å². The SMILES string of the molecule is CN(C)c1c([C@H](O)c2ccccc2)ccc2ccc([C@H](O)c3ccccc3)c(N(C)C)c12. The molecule has 4 heteroatoms. The lowest BCUT2D eigenvalue weighted by molar-refractivity contribution is 0.220. The van der Waals surface area contributed by atoms with Crippen LogP contribution in [0.2, 0.25) is 0 Å². The summed E-state index contributed by atoms with van der Waals surface area (Å²) in [7, 11) is 7.98. The molecule has 0 spiro atoms. The molecule has 0 saturated heterocycles. The third-order valence-corrected chi connectivity index (χ3v) is 5.91. The van der Waals surface area contributed by atoms with Crippen molar-refractivity contribution in [1.82, 2.24) is 0 Å². The number of fused-ring (bicyclic) bond motifs is 1. The zero-order chi connectivity index (χ0) is 22.8. The van der Waals surface area contributed by atoms with Crippen LogP contribution in [0, 0.1) is 0 Å². The van der Waals surface area contributed by atoms with Crippen LogP contribution >= 0.6 is 0 Å². The van der Waals surface area contributed by atoms with Crippen LogP contribution in [0.25, 0.3) is 10.8 Å². The number of nitrogens with zero attached hydrogens (tertiary/aromatic N) is 2. The molecule has 4 nitrogen and oxygen atoms in total. The fourth-order valence-corrected chi connectivity index (χ4v) is 4.45. The largest absolute Gasteiger partial charge is 0.384 e. The van der Waals surface area contributed by atoms with Gasteiger partial charge < -0.3 is 20.0 Å². The van der Waals surface area contributed by atoms with Crippen LogP contribution in [0.3, 0.4) is 0 Å². The van der Waals surface area contributed by atoms with Crippen molar-refractivity contribution in [2.45, 2.75) is 12.2 Å². The number of aliphatic hydroxyl groups is 2. The summed E-state index contributed by atoms with van der Waals surface area (Å²) >= 11 is 0. The second kappa shape index (κ2) is 9.03. The summed E-state index contributed by atoms with van der Waals surface area (Å²) in [4.78, 5) is 4.10. The zero-order valence-electron chi connectivity index (χ0n) is 19.0. The van der Waals surface area contributed by atoms with E-state index in [1.165, 1.54) is 0 Å². The van der Waals surface area contributed by atoms with E-state index in [-0.39, 0.29) is 0 Å². The third kappa shape index (κ3) is 3.95. The highest BCUT2D eigenvalue weighted by atomic mass is 16.3. The van der Waals surface area contributed by atoms with Crippen molar-refractivity contribution in [2.75, 3.05) is 38.0 Å². The molecular weight excluding hydrogens is 396 g/mol. The van der Waals surface area contributed by atoms with E-state index < -0.39 is 12.2 Å². The summed E-state index contributed by atoms with van der Waals surface area (Å²) in [5, 5.41) is 24.6. The van der Waals surface area contributed by atoms with Crippen molar-refractivity contribution < 1.29 is 10.2 Å². The zero-order valence-corrected chi connectivity index (χ0v) is 19.0. The van der Waals surface area contributed by atoms with Crippen LogP contribution in [-0.2, 0) is 0 Å². The van der Waals surface area contributed by atoms with Gasteiger partial charge in [-0.2, -0.15) is 0 Å². The Kier molecular flexibility index (Phi) is 6.17. The average Bonchev–Trinajstić information content (AvgIpc) is 2.82. The summed E-state index contributed by atoms with van der Waals surface area (Å²) in [5.41, 5.74) is 5.27. The monoisotopic (exact) mass is 426 g/mol. The first-order valence-corrected chi connectivity index (χ1v) is 10.8. The number of anilines is 2. The molecule has 0 bridgehead atoms. The number of benzene rings is 4. The number of aliphatic hydroxyl groups excluding tert-OH is 2. The Bertz CT molecular complexity index is 1110. The molecule has 0 aliphatic heterocycles. The van der Waals surface area contributed by atoms with Crippen LogP contribution in [-0.4, -0.2) is 38.4 Å². The summed E-state index contributed by atoms with van der Waals surface area (Å²) in [5.74, 6) is 0. The molecule has 0 saturated carbocycles. The van der Waals surface area contributed by atoms with Crippen molar-refractivity contribution >= 4 is 22.1 Å². The van der Waals surface area contributed by atoms with E-state index in [0.717, 1.165) is 44.4 Å². The fourth-order valence-electron chi connectivity index (χ4n) is 4.45. The topological polar surface area (TPSA) is 46.9 Å². The minimum atomic E-state index is -0.754. The van der Waals surface area contributed by atoms with E-state index in [4.69, 9.17) is 0 Å². The average molecular weight is 427 g/mol. The first kappa shape index (κ1) is 21.9. The summed E-state index contributed by atoms with van der Waals surface area (Å²) in [6.45, 7) is 0. The molecule has 4 rings (SSSR count). The van der Waals surface area contributed by atoms with Gasteiger partial charge in [-0.25, -0.2) is 0 Å². The molecule has 2 atom stereocenters. The molecule has 4 aromatic carbocycles. The lowest BCUT2D eigenvalue weighted by Crippen LogP contribution is -2.18. The van der Waals surface area contributed by atoms with Gasteiger partial charge in [0.15, 0.2) is 0 Å². The Morgan fingerprint density at radius 2 is 0.906 bits per heavy atom. The van der Waals surface area contributed by atoms with Gasteiger partial charge in [-0.3, -0.25) is 0 Å². The molecule has 0 unspecified atom stereocenters. The van der Waals surface area contributed by atoms with E-state index in [1.54, 1.807) is 0 Å². The van der Waals surface area contributed by atoms with Crippen LogP contribution in [0.1, 0.15) is 34.5 Å². The van der Waals surface area contributed by atoms with Gasteiger partial charge in [-0.1, -0.05) is 84.9 Å². The Morgan fingerprint density at radius 1 is 0.531 bits per heavy atom. The maximum atomic E-state index is 11.3.